The molecule has 1 aromatic carbocycles. The van der Waals surface area contributed by atoms with E-state index in [0.29, 0.717) is 16.7 Å². The molecule has 1 aromatic rings. The number of carboxylic acid groups (broad SMARTS) is 1. The van der Waals surface area contributed by atoms with E-state index in [0.717, 1.165) is 0 Å². The van der Waals surface area contributed by atoms with Crippen LogP contribution in [0.15, 0.2) is 6.07 Å². The smallest absolute Gasteiger partial charge is 0.404 e. The lowest BCUT2D eigenvalue weighted by Crippen LogP contribution is -2.21. The lowest BCUT2D eigenvalue weighted by atomic mass is 9.99. The predicted molar refractivity (Wildman–Crippen MR) is 55.5 cm³/mol. The van der Waals surface area contributed by atoms with Gasteiger partial charge >= 0.3 is 6.09 Å². The number of carbonyl (C=O) groups is 1. The van der Waals surface area contributed by atoms with E-state index in [1.807, 2.05) is 0 Å². The first-order valence-electron chi connectivity index (χ1n) is 4.62. The Morgan fingerprint density at radius 1 is 1.62 bits per heavy atom. The number of nitriles is 1. The van der Waals surface area contributed by atoms with Crippen molar-refractivity contribution in [3.8, 4) is 6.07 Å². The van der Waals surface area contributed by atoms with E-state index in [1.165, 1.54) is 13.0 Å². The quantitative estimate of drug-likeness (QED) is 0.804. The van der Waals surface area contributed by atoms with Gasteiger partial charge in [0, 0.05) is 6.54 Å². The van der Waals surface area contributed by atoms with E-state index in [1.54, 1.807) is 13.0 Å². The normalized spacial score (nSPS) is 9.62. The fourth-order valence-electron chi connectivity index (χ4n) is 1.51. The van der Waals surface area contributed by atoms with E-state index in [2.05, 4.69) is 5.32 Å². The van der Waals surface area contributed by atoms with Crippen molar-refractivity contribution in [1.29, 1.82) is 5.26 Å². The first kappa shape index (κ1) is 12.0. The van der Waals surface area contributed by atoms with Crippen molar-refractivity contribution in [1.82, 2.24) is 5.32 Å². The fraction of sp³-hybridized carbons (Fsp3) is 0.273. The maximum atomic E-state index is 13.6. The third-order valence-corrected chi connectivity index (χ3v) is 2.39. The average Bonchev–Trinajstić information content (AvgIpc) is 2.22. The summed E-state index contributed by atoms with van der Waals surface area (Å²) in [7, 11) is 0. The van der Waals surface area contributed by atoms with Gasteiger partial charge in [-0.2, -0.15) is 5.26 Å². The van der Waals surface area contributed by atoms with Gasteiger partial charge in [-0.15, -0.1) is 0 Å². The molecule has 0 saturated carbocycles. The van der Waals surface area contributed by atoms with Crippen molar-refractivity contribution >= 4 is 6.09 Å². The highest BCUT2D eigenvalue weighted by Gasteiger charge is 2.13. The predicted octanol–water partition coefficient (Wildman–Crippen LogP) is 2.08. The van der Waals surface area contributed by atoms with Crippen molar-refractivity contribution in [3.05, 3.63) is 34.1 Å². The first-order chi connectivity index (χ1) is 7.47. The number of aryl methyl sites for hydroxylation is 1. The fourth-order valence-corrected chi connectivity index (χ4v) is 1.51. The summed E-state index contributed by atoms with van der Waals surface area (Å²) in [6.07, 6.45) is -1.16. The molecule has 0 atom stereocenters. The Morgan fingerprint density at radius 3 is 2.75 bits per heavy atom. The summed E-state index contributed by atoms with van der Waals surface area (Å²) < 4.78 is 13.6. The minimum absolute atomic E-state index is 0.0194. The second-order valence-corrected chi connectivity index (χ2v) is 3.43. The topological polar surface area (TPSA) is 73.1 Å². The Labute approximate surface area is 92.3 Å². The Hall–Kier alpha value is -2.09. The zero-order chi connectivity index (χ0) is 12.3. The molecule has 0 radical (unpaired) electrons. The summed E-state index contributed by atoms with van der Waals surface area (Å²) >= 11 is 0. The van der Waals surface area contributed by atoms with Gasteiger partial charge in [0.15, 0.2) is 0 Å². The third-order valence-electron chi connectivity index (χ3n) is 2.39. The number of hydrogen-bond acceptors (Lipinski definition) is 2. The molecule has 16 heavy (non-hydrogen) atoms. The molecule has 0 aliphatic carbocycles. The maximum Gasteiger partial charge on any atom is 0.404 e. The highest BCUT2D eigenvalue weighted by molar-refractivity contribution is 5.64. The second kappa shape index (κ2) is 4.62. The van der Waals surface area contributed by atoms with Crippen LogP contribution < -0.4 is 5.32 Å². The molecule has 0 fully saturated rings. The standard InChI is InChI=1S/C11H11FN2O2/c1-6-3-8(4-13)10(12)7(2)9(6)5-14-11(15)16/h3,14H,5H2,1-2H3,(H,15,16). The highest BCUT2D eigenvalue weighted by atomic mass is 19.1. The largest absolute Gasteiger partial charge is 0.465 e. The molecule has 4 nitrogen and oxygen atoms in total. The number of benzene rings is 1. The molecular formula is C11H11FN2O2. The van der Waals surface area contributed by atoms with E-state index in [4.69, 9.17) is 10.4 Å². The van der Waals surface area contributed by atoms with Crippen molar-refractivity contribution in [2.24, 2.45) is 0 Å². The van der Waals surface area contributed by atoms with Crippen LogP contribution in [0.5, 0.6) is 0 Å². The first-order valence-corrected chi connectivity index (χ1v) is 4.62. The molecule has 1 amide bonds. The van der Waals surface area contributed by atoms with Crippen LogP contribution in [0.1, 0.15) is 22.3 Å². The van der Waals surface area contributed by atoms with E-state index in [9.17, 15) is 9.18 Å². The zero-order valence-corrected chi connectivity index (χ0v) is 8.97. The average molecular weight is 222 g/mol. The van der Waals surface area contributed by atoms with Crippen molar-refractivity contribution in [3.63, 3.8) is 0 Å². The van der Waals surface area contributed by atoms with Crippen LogP contribution in [0, 0.1) is 31.0 Å². The molecule has 0 bridgehead atoms. The lowest BCUT2D eigenvalue weighted by Gasteiger charge is -2.11. The maximum absolute atomic E-state index is 13.6. The van der Waals surface area contributed by atoms with Crippen LogP contribution in [-0.2, 0) is 6.54 Å². The molecule has 0 aliphatic rings. The van der Waals surface area contributed by atoms with Crippen LogP contribution in [0.4, 0.5) is 9.18 Å². The molecule has 0 spiro atoms. The van der Waals surface area contributed by atoms with E-state index < -0.39 is 11.9 Å². The summed E-state index contributed by atoms with van der Waals surface area (Å²) in [5, 5.41) is 19.3. The molecule has 0 aromatic heterocycles. The molecule has 5 heteroatoms. The van der Waals surface area contributed by atoms with Gasteiger partial charge in [-0.1, -0.05) is 0 Å². The number of nitrogens with zero attached hydrogens (tertiary/aromatic N) is 1. The van der Waals surface area contributed by atoms with Gasteiger partial charge in [0.2, 0.25) is 0 Å². The van der Waals surface area contributed by atoms with Gasteiger partial charge in [0.05, 0.1) is 5.56 Å². The molecule has 0 unspecified atom stereocenters. The monoisotopic (exact) mass is 222 g/mol. The van der Waals surface area contributed by atoms with Crippen molar-refractivity contribution in [2.45, 2.75) is 20.4 Å². The van der Waals surface area contributed by atoms with E-state index >= 15 is 0 Å². The molecular weight excluding hydrogens is 211 g/mol. The highest BCUT2D eigenvalue weighted by Crippen LogP contribution is 2.20. The summed E-state index contributed by atoms with van der Waals surface area (Å²) in [4.78, 5) is 10.3. The van der Waals surface area contributed by atoms with Crippen LogP contribution in [-0.4, -0.2) is 11.2 Å². The summed E-state index contributed by atoms with van der Waals surface area (Å²) in [6.45, 7) is 3.28. The molecule has 0 heterocycles. The van der Waals surface area contributed by atoms with Crippen LogP contribution in [0.25, 0.3) is 0 Å². The van der Waals surface area contributed by atoms with Gasteiger partial charge in [-0.3, -0.25) is 0 Å². The lowest BCUT2D eigenvalue weighted by molar-refractivity contribution is 0.194. The van der Waals surface area contributed by atoms with Gasteiger partial charge in [-0.05, 0) is 36.6 Å². The second-order valence-electron chi connectivity index (χ2n) is 3.43. The van der Waals surface area contributed by atoms with E-state index in [-0.39, 0.29) is 12.1 Å². The van der Waals surface area contributed by atoms with Gasteiger partial charge in [0.1, 0.15) is 11.9 Å². The van der Waals surface area contributed by atoms with Crippen LogP contribution in [0.2, 0.25) is 0 Å². The number of amides is 1. The Kier molecular flexibility index (Phi) is 3.46. The number of hydrogen-bond donors (Lipinski definition) is 2. The minimum atomic E-state index is -1.16. The SMILES string of the molecule is Cc1cc(C#N)c(F)c(C)c1CNC(=O)O. The minimum Gasteiger partial charge on any atom is -0.465 e. The molecule has 0 saturated heterocycles. The Bertz CT molecular complexity index is 478. The Balaban J connectivity index is 3.16. The summed E-state index contributed by atoms with van der Waals surface area (Å²) in [6, 6.07) is 3.18. The molecule has 2 N–H and O–H groups in total. The van der Waals surface area contributed by atoms with Crippen molar-refractivity contribution in [2.75, 3.05) is 0 Å². The summed E-state index contributed by atoms with van der Waals surface area (Å²) in [5.41, 5.74) is 1.56. The van der Waals surface area contributed by atoms with Crippen molar-refractivity contribution < 1.29 is 14.3 Å². The van der Waals surface area contributed by atoms with Crippen LogP contribution >= 0.6 is 0 Å². The molecule has 0 aliphatic heterocycles. The Morgan fingerprint density at radius 2 is 2.25 bits per heavy atom. The van der Waals surface area contributed by atoms with Gasteiger partial charge < -0.3 is 10.4 Å². The van der Waals surface area contributed by atoms with Gasteiger partial charge in [0.25, 0.3) is 0 Å². The molecule has 84 valence electrons. The number of nitrogens with one attached hydrogen (secondary N) is 1. The number of halogens is 1. The number of rotatable bonds is 2. The third kappa shape index (κ3) is 2.28. The van der Waals surface area contributed by atoms with Crippen LogP contribution in [0.3, 0.4) is 0 Å². The van der Waals surface area contributed by atoms with Gasteiger partial charge in [-0.25, -0.2) is 9.18 Å². The summed E-state index contributed by atoms with van der Waals surface area (Å²) in [5.74, 6) is -0.588. The zero-order valence-electron chi connectivity index (χ0n) is 8.97. The molecule has 1 rings (SSSR count).